The normalized spacial score (nSPS) is 25.3. The van der Waals surface area contributed by atoms with Crippen molar-refractivity contribution >= 4 is 11.9 Å². The van der Waals surface area contributed by atoms with Crippen molar-refractivity contribution < 1.29 is 73.8 Å². The molecule has 0 saturated carbocycles. The molecular weight excluding hydrogens is 901 g/mol. The van der Waals surface area contributed by atoms with E-state index < -0.39 is 92.7 Å². The Morgan fingerprint density at radius 2 is 0.729 bits per heavy atom. The third kappa shape index (κ3) is 30.0. The molecule has 2 heterocycles. The van der Waals surface area contributed by atoms with Gasteiger partial charge in [-0.1, -0.05) is 219 Å². The molecule has 2 aliphatic heterocycles. The van der Waals surface area contributed by atoms with E-state index in [0.29, 0.717) is 12.8 Å². The summed E-state index contributed by atoms with van der Waals surface area (Å²) in [6.45, 7) is 2.64. The standard InChI is InChI=1S/C55H104O15/c1-3-5-7-9-11-13-15-17-18-19-20-21-22-23-24-26-28-30-32-34-36-38-47(58)68-43(40-65-46(57)37-35-33-31-29-27-25-16-14-12-10-8-6-4-2)41-66-54-53(64)51(62)49(60)45(70-54)42-67-55-52(63)50(61)48(59)44(39-56)69-55/h43-45,48-56,59-64H,3-42H2,1-2H3. The van der Waals surface area contributed by atoms with E-state index in [0.717, 1.165) is 38.5 Å². The van der Waals surface area contributed by atoms with Gasteiger partial charge in [0.1, 0.15) is 55.4 Å². The number of unbranched alkanes of at least 4 members (excludes halogenated alkanes) is 32. The van der Waals surface area contributed by atoms with Crippen LogP contribution >= 0.6 is 0 Å². The van der Waals surface area contributed by atoms with E-state index in [-0.39, 0.29) is 26.1 Å². The first-order valence-electron chi connectivity index (χ1n) is 28.6. The number of rotatable bonds is 46. The third-order valence-corrected chi connectivity index (χ3v) is 14.1. The number of carbonyl (C=O) groups excluding carboxylic acids is 2. The zero-order valence-corrected chi connectivity index (χ0v) is 44.0. The van der Waals surface area contributed by atoms with E-state index in [1.165, 1.54) is 167 Å². The van der Waals surface area contributed by atoms with Crippen LogP contribution in [-0.2, 0) is 38.0 Å². The van der Waals surface area contributed by atoms with Crippen LogP contribution in [0.3, 0.4) is 0 Å². The van der Waals surface area contributed by atoms with Crippen LogP contribution in [-0.4, -0.2) is 142 Å². The zero-order valence-electron chi connectivity index (χ0n) is 44.0. The van der Waals surface area contributed by atoms with Gasteiger partial charge in [-0.3, -0.25) is 9.59 Å². The lowest BCUT2D eigenvalue weighted by Crippen LogP contribution is -2.61. The molecule has 0 aromatic rings. The van der Waals surface area contributed by atoms with Gasteiger partial charge < -0.3 is 64.2 Å². The highest BCUT2D eigenvalue weighted by atomic mass is 16.7. The number of esters is 2. The van der Waals surface area contributed by atoms with E-state index in [9.17, 15) is 45.3 Å². The highest BCUT2D eigenvalue weighted by Crippen LogP contribution is 2.27. The van der Waals surface area contributed by atoms with Crippen LogP contribution < -0.4 is 0 Å². The van der Waals surface area contributed by atoms with Gasteiger partial charge in [-0.2, -0.15) is 0 Å². The minimum atomic E-state index is -1.76. The third-order valence-electron chi connectivity index (χ3n) is 14.1. The Bertz CT molecular complexity index is 1230. The van der Waals surface area contributed by atoms with E-state index >= 15 is 0 Å². The molecule has 0 aromatic carbocycles. The fraction of sp³-hybridized carbons (Fsp3) is 0.964. The fourth-order valence-corrected chi connectivity index (χ4v) is 9.40. The van der Waals surface area contributed by atoms with Crippen molar-refractivity contribution in [3.05, 3.63) is 0 Å². The molecule has 0 bridgehead atoms. The summed E-state index contributed by atoms with van der Waals surface area (Å²) >= 11 is 0. The second-order valence-electron chi connectivity index (χ2n) is 20.5. The average molecular weight is 1010 g/mol. The molecule has 0 aromatic heterocycles. The van der Waals surface area contributed by atoms with Crippen molar-refractivity contribution in [3.8, 4) is 0 Å². The van der Waals surface area contributed by atoms with E-state index in [4.69, 9.17) is 28.4 Å². The maximum absolute atomic E-state index is 13.1. The van der Waals surface area contributed by atoms with Gasteiger partial charge in [0.2, 0.25) is 0 Å². The molecule has 11 atom stereocenters. The smallest absolute Gasteiger partial charge is 0.306 e. The van der Waals surface area contributed by atoms with Crippen LogP contribution in [0.2, 0.25) is 0 Å². The molecule has 414 valence electrons. The fourth-order valence-electron chi connectivity index (χ4n) is 9.40. The van der Waals surface area contributed by atoms with E-state index in [1.807, 2.05) is 0 Å². The summed E-state index contributed by atoms with van der Waals surface area (Å²) in [7, 11) is 0. The summed E-state index contributed by atoms with van der Waals surface area (Å²) in [5.41, 5.74) is 0. The topological polar surface area (TPSA) is 231 Å². The minimum absolute atomic E-state index is 0.174. The van der Waals surface area contributed by atoms with Gasteiger partial charge in [0, 0.05) is 12.8 Å². The largest absolute Gasteiger partial charge is 0.462 e. The molecule has 2 fully saturated rings. The van der Waals surface area contributed by atoms with Crippen molar-refractivity contribution in [2.45, 2.75) is 313 Å². The Hall–Kier alpha value is -1.50. The molecule has 15 nitrogen and oxygen atoms in total. The lowest BCUT2D eigenvalue weighted by molar-refractivity contribution is -0.332. The monoisotopic (exact) mass is 1000 g/mol. The summed E-state index contributed by atoms with van der Waals surface area (Å²) in [6.07, 6.45) is 25.6. The predicted molar refractivity (Wildman–Crippen MR) is 271 cm³/mol. The molecule has 2 aliphatic rings. The Kier molecular flexibility index (Phi) is 39.5. The van der Waals surface area contributed by atoms with Crippen LogP contribution in [0.1, 0.15) is 245 Å². The van der Waals surface area contributed by atoms with Gasteiger partial charge in [-0.05, 0) is 12.8 Å². The Morgan fingerprint density at radius 3 is 1.11 bits per heavy atom. The zero-order chi connectivity index (χ0) is 51.0. The highest BCUT2D eigenvalue weighted by molar-refractivity contribution is 5.70. The van der Waals surface area contributed by atoms with Gasteiger partial charge in [-0.15, -0.1) is 0 Å². The Morgan fingerprint density at radius 1 is 0.400 bits per heavy atom. The first-order chi connectivity index (χ1) is 34.0. The Balaban J connectivity index is 1.74. The molecule has 11 unspecified atom stereocenters. The summed E-state index contributed by atoms with van der Waals surface area (Å²) in [5, 5.41) is 72.2. The first kappa shape index (κ1) is 64.6. The number of aliphatic hydroxyl groups is 7. The van der Waals surface area contributed by atoms with Crippen LogP contribution in [0.15, 0.2) is 0 Å². The van der Waals surface area contributed by atoms with Gasteiger partial charge in [0.25, 0.3) is 0 Å². The minimum Gasteiger partial charge on any atom is -0.462 e. The molecular formula is C55H104O15. The van der Waals surface area contributed by atoms with Crippen molar-refractivity contribution in [2.75, 3.05) is 26.4 Å². The maximum Gasteiger partial charge on any atom is 0.306 e. The van der Waals surface area contributed by atoms with Crippen molar-refractivity contribution in [1.82, 2.24) is 0 Å². The van der Waals surface area contributed by atoms with E-state index in [2.05, 4.69) is 13.8 Å². The molecule has 2 rings (SSSR count). The Labute approximate surface area is 423 Å². The van der Waals surface area contributed by atoms with Gasteiger partial charge >= 0.3 is 11.9 Å². The predicted octanol–water partition coefficient (Wildman–Crippen LogP) is 9.17. The van der Waals surface area contributed by atoms with Crippen molar-refractivity contribution in [3.63, 3.8) is 0 Å². The quantitative estimate of drug-likeness (QED) is 0.0223. The molecule has 0 aliphatic carbocycles. The number of ether oxygens (including phenoxy) is 6. The summed E-state index contributed by atoms with van der Waals surface area (Å²) in [4.78, 5) is 25.8. The van der Waals surface area contributed by atoms with Gasteiger partial charge in [0.15, 0.2) is 18.7 Å². The molecule has 2 saturated heterocycles. The average Bonchev–Trinajstić information content (AvgIpc) is 3.35. The number of hydrogen-bond donors (Lipinski definition) is 7. The van der Waals surface area contributed by atoms with Gasteiger partial charge in [0.05, 0.1) is 19.8 Å². The maximum atomic E-state index is 13.1. The molecule has 0 amide bonds. The highest BCUT2D eigenvalue weighted by Gasteiger charge is 2.47. The molecule has 15 heteroatoms. The lowest BCUT2D eigenvalue weighted by Gasteiger charge is -2.42. The molecule has 0 radical (unpaired) electrons. The molecule has 70 heavy (non-hydrogen) atoms. The van der Waals surface area contributed by atoms with Crippen LogP contribution in [0.4, 0.5) is 0 Å². The van der Waals surface area contributed by atoms with Crippen LogP contribution in [0.5, 0.6) is 0 Å². The van der Waals surface area contributed by atoms with Crippen LogP contribution in [0, 0.1) is 0 Å². The van der Waals surface area contributed by atoms with Gasteiger partial charge in [-0.25, -0.2) is 0 Å². The summed E-state index contributed by atoms with van der Waals surface area (Å²) in [6, 6.07) is 0. The second-order valence-corrected chi connectivity index (χ2v) is 20.5. The summed E-state index contributed by atoms with van der Waals surface area (Å²) < 4.78 is 33.7. The lowest BCUT2D eigenvalue weighted by atomic mass is 9.98. The van der Waals surface area contributed by atoms with Crippen molar-refractivity contribution in [1.29, 1.82) is 0 Å². The number of hydrogen-bond acceptors (Lipinski definition) is 15. The van der Waals surface area contributed by atoms with Crippen LogP contribution in [0.25, 0.3) is 0 Å². The van der Waals surface area contributed by atoms with E-state index in [1.54, 1.807) is 0 Å². The summed E-state index contributed by atoms with van der Waals surface area (Å²) in [5.74, 6) is -0.906. The SMILES string of the molecule is CCCCCCCCCCCCCCCCCCCCCCCC(=O)OC(COC(=O)CCCCCCCCCCCCCCC)COC1OC(COC2OC(CO)C(O)C(O)C2O)C(O)C(O)C1O. The molecule has 0 spiro atoms. The first-order valence-corrected chi connectivity index (χ1v) is 28.6. The number of carbonyl (C=O) groups is 2. The van der Waals surface area contributed by atoms with Crippen molar-refractivity contribution in [2.24, 2.45) is 0 Å². The molecule has 7 N–H and O–H groups in total. The second kappa shape index (κ2) is 42.8. The number of aliphatic hydroxyl groups excluding tert-OH is 7.